The van der Waals surface area contributed by atoms with Crippen LogP contribution in [-0.4, -0.2) is 14.7 Å². The van der Waals surface area contributed by atoms with Crippen LogP contribution >= 0.6 is 0 Å². The van der Waals surface area contributed by atoms with E-state index in [1.54, 1.807) is 18.2 Å². The smallest absolute Gasteiger partial charge is 0.306 e. The van der Waals surface area contributed by atoms with Crippen molar-refractivity contribution in [3.05, 3.63) is 29.8 Å². The van der Waals surface area contributed by atoms with E-state index in [0.29, 0.717) is 0 Å². The summed E-state index contributed by atoms with van der Waals surface area (Å²) in [7, 11) is -3.42. The minimum atomic E-state index is -3.42. The standard InChI is InChI=1S/C8H9O3S/c1-7-3-5-8(6-4-7)11-12(2,9)10/h3-5H,1-2H3. The molecule has 0 aliphatic rings. The number of aryl methyl sites for hydroxylation is 1. The molecule has 65 valence electrons. The first-order valence-corrected chi connectivity index (χ1v) is 5.17. The maximum atomic E-state index is 10.6. The maximum Gasteiger partial charge on any atom is 0.306 e. The lowest BCUT2D eigenvalue weighted by Gasteiger charge is -2.01. The van der Waals surface area contributed by atoms with Crippen molar-refractivity contribution in [1.29, 1.82) is 0 Å². The molecule has 4 heteroatoms. The van der Waals surface area contributed by atoms with Gasteiger partial charge in [-0.15, -0.1) is 0 Å². The molecule has 0 unspecified atom stereocenters. The molecular weight excluding hydrogens is 176 g/mol. The van der Waals surface area contributed by atoms with Crippen molar-refractivity contribution in [3.8, 4) is 5.75 Å². The summed E-state index contributed by atoms with van der Waals surface area (Å²) in [4.78, 5) is 0. The van der Waals surface area contributed by atoms with Crippen molar-refractivity contribution in [3.63, 3.8) is 0 Å². The second-order valence-electron chi connectivity index (χ2n) is 2.52. The van der Waals surface area contributed by atoms with E-state index in [2.05, 4.69) is 10.2 Å². The summed E-state index contributed by atoms with van der Waals surface area (Å²) >= 11 is 0. The molecule has 0 heterocycles. The lowest BCUT2D eigenvalue weighted by atomic mass is 10.2. The Bertz CT molecular complexity index is 350. The highest BCUT2D eigenvalue weighted by Crippen LogP contribution is 2.11. The molecule has 0 atom stereocenters. The van der Waals surface area contributed by atoms with Crippen molar-refractivity contribution in [1.82, 2.24) is 0 Å². The Morgan fingerprint density at radius 1 is 1.42 bits per heavy atom. The molecule has 0 fully saturated rings. The molecule has 0 saturated carbocycles. The first kappa shape index (κ1) is 9.06. The topological polar surface area (TPSA) is 43.4 Å². The molecule has 0 spiro atoms. The van der Waals surface area contributed by atoms with Gasteiger partial charge in [0.2, 0.25) is 0 Å². The Morgan fingerprint density at radius 3 is 2.50 bits per heavy atom. The van der Waals surface area contributed by atoms with Crippen molar-refractivity contribution in [2.75, 3.05) is 6.26 Å². The zero-order valence-corrected chi connectivity index (χ0v) is 7.68. The van der Waals surface area contributed by atoms with Crippen molar-refractivity contribution < 1.29 is 12.6 Å². The summed E-state index contributed by atoms with van der Waals surface area (Å²) < 4.78 is 25.9. The van der Waals surface area contributed by atoms with Gasteiger partial charge in [-0.2, -0.15) is 8.42 Å². The van der Waals surface area contributed by atoms with Gasteiger partial charge in [-0.1, -0.05) is 11.6 Å². The number of benzene rings is 1. The van der Waals surface area contributed by atoms with Crippen LogP contribution in [0.4, 0.5) is 0 Å². The van der Waals surface area contributed by atoms with Crippen LogP contribution in [0.3, 0.4) is 0 Å². The van der Waals surface area contributed by atoms with E-state index in [9.17, 15) is 8.42 Å². The highest BCUT2D eigenvalue weighted by Gasteiger charge is 2.02. The number of rotatable bonds is 2. The highest BCUT2D eigenvalue weighted by molar-refractivity contribution is 7.86. The molecule has 1 radical (unpaired) electrons. The Morgan fingerprint density at radius 2 is 2.08 bits per heavy atom. The van der Waals surface area contributed by atoms with Gasteiger partial charge in [0.1, 0.15) is 0 Å². The van der Waals surface area contributed by atoms with Gasteiger partial charge < -0.3 is 4.18 Å². The monoisotopic (exact) mass is 185 g/mol. The van der Waals surface area contributed by atoms with Crippen LogP contribution in [0, 0.1) is 13.0 Å². The van der Waals surface area contributed by atoms with Crippen LogP contribution in [0.2, 0.25) is 0 Å². The normalized spacial score (nSPS) is 11.2. The Balaban J connectivity index is 2.85. The summed E-state index contributed by atoms with van der Waals surface area (Å²) in [5.74, 6) is 0.225. The molecule has 12 heavy (non-hydrogen) atoms. The lowest BCUT2D eigenvalue weighted by Crippen LogP contribution is -2.05. The zero-order chi connectivity index (χ0) is 9.19. The fourth-order valence-electron chi connectivity index (χ4n) is 0.703. The van der Waals surface area contributed by atoms with Gasteiger partial charge in [0, 0.05) is 6.07 Å². The molecule has 0 saturated heterocycles. The molecule has 0 aromatic heterocycles. The third-order valence-electron chi connectivity index (χ3n) is 1.18. The van der Waals surface area contributed by atoms with E-state index in [0.717, 1.165) is 11.8 Å². The minimum Gasteiger partial charge on any atom is -0.382 e. The van der Waals surface area contributed by atoms with Gasteiger partial charge in [-0.3, -0.25) is 0 Å². The second kappa shape index (κ2) is 3.15. The second-order valence-corrected chi connectivity index (χ2v) is 4.09. The van der Waals surface area contributed by atoms with E-state index in [4.69, 9.17) is 0 Å². The van der Waals surface area contributed by atoms with E-state index < -0.39 is 10.1 Å². The molecule has 0 aliphatic carbocycles. The third-order valence-corrected chi connectivity index (χ3v) is 1.66. The van der Waals surface area contributed by atoms with E-state index >= 15 is 0 Å². The van der Waals surface area contributed by atoms with Crippen molar-refractivity contribution in [2.24, 2.45) is 0 Å². The predicted molar refractivity (Wildman–Crippen MR) is 45.5 cm³/mol. The van der Waals surface area contributed by atoms with Gasteiger partial charge in [0.15, 0.2) is 5.75 Å². The molecule has 0 amide bonds. The first-order chi connectivity index (χ1) is 5.47. The van der Waals surface area contributed by atoms with Gasteiger partial charge in [0.05, 0.1) is 6.26 Å². The van der Waals surface area contributed by atoms with Crippen molar-refractivity contribution in [2.45, 2.75) is 6.92 Å². The lowest BCUT2D eigenvalue weighted by molar-refractivity contribution is 0.492. The highest BCUT2D eigenvalue weighted by atomic mass is 32.2. The Kier molecular flexibility index (Phi) is 2.38. The van der Waals surface area contributed by atoms with Gasteiger partial charge in [0.25, 0.3) is 0 Å². The van der Waals surface area contributed by atoms with Crippen LogP contribution in [0.1, 0.15) is 5.56 Å². The van der Waals surface area contributed by atoms with E-state index in [1.165, 1.54) is 0 Å². The third kappa shape index (κ3) is 2.92. The SMILES string of the molecule is Cc1c[c]c(OS(C)(=O)=O)cc1. The van der Waals surface area contributed by atoms with Crippen molar-refractivity contribution >= 4 is 10.1 Å². The molecule has 0 aliphatic heterocycles. The summed E-state index contributed by atoms with van der Waals surface area (Å²) in [6.07, 6.45) is 1.00. The van der Waals surface area contributed by atoms with Crippen LogP contribution in [-0.2, 0) is 10.1 Å². The van der Waals surface area contributed by atoms with Crippen LogP contribution in [0.25, 0.3) is 0 Å². The van der Waals surface area contributed by atoms with E-state index in [-0.39, 0.29) is 5.75 Å². The van der Waals surface area contributed by atoms with E-state index in [1.807, 2.05) is 6.92 Å². The van der Waals surface area contributed by atoms with Crippen LogP contribution < -0.4 is 4.18 Å². The number of hydrogen-bond acceptors (Lipinski definition) is 3. The summed E-state index contributed by atoms with van der Waals surface area (Å²) in [6.45, 7) is 1.89. The fraction of sp³-hybridized carbons (Fsp3) is 0.250. The van der Waals surface area contributed by atoms with Gasteiger partial charge in [-0.25, -0.2) is 0 Å². The summed E-state index contributed by atoms with van der Waals surface area (Å²) in [5.41, 5.74) is 1.01. The average Bonchev–Trinajstić information content (AvgIpc) is 1.91. The molecule has 1 aromatic rings. The number of hydrogen-bond donors (Lipinski definition) is 0. The predicted octanol–water partition coefficient (Wildman–Crippen LogP) is 1.13. The Labute approximate surface area is 72.1 Å². The van der Waals surface area contributed by atoms with Gasteiger partial charge >= 0.3 is 10.1 Å². The molecule has 0 bridgehead atoms. The van der Waals surface area contributed by atoms with Crippen LogP contribution in [0.15, 0.2) is 18.2 Å². The molecule has 1 rings (SSSR count). The molecule has 1 aromatic carbocycles. The summed E-state index contributed by atoms with van der Waals surface area (Å²) in [6, 6.07) is 7.69. The molecular formula is C8H9O3S. The Hall–Kier alpha value is -1.03. The fourth-order valence-corrected chi connectivity index (χ4v) is 1.13. The maximum absolute atomic E-state index is 10.6. The summed E-state index contributed by atoms with van der Waals surface area (Å²) in [5, 5.41) is 0. The average molecular weight is 185 g/mol. The van der Waals surface area contributed by atoms with Crippen LogP contribution in [0.5, 0.6) is 5.75 Å². The molecule has 3 nitrogen and oxygen atoms in total. The van der Waals surface area contributed by atoms with Gasteiger partial charge in [-0.05, 0) is 19.1 Å². The molecule has 0 N–H and O–H groups in total. The zero-order valence-electron chi connectivity index (χ0n) is 6.87. The first-order valence-electron chi connectivity index (χ1n) is 3.35. The minimum absolute atomic E-state index is 0.225. The largest absolute Gasteiger partial charge is 0.382 e. The quantitative estimate of drug-likeness (QED) is 0.649.